The van der Waals surface area contributed by atoms with Gasteiger partial charge in [0.25, 0.3) is 0 Å². The quantitative estimate of drug-likeness (QED) is 0.375. The van der Waals surface area contributed by atoms with Gasteiger partial charge < -0.3 is 4.98 Å². The van der Waals surface area contributed by atoms with Crippen LogP contribution < -0.4 is 5.69 Å². The molecule has 2 bridgehead atoms. The van der Waals surface area contributed by atoms with Crippen molar-refractivity contribution in [3.8, 4) is 22.6 Å². The lowest BCUT2D eigenvalue weighted by Gasteiger charge is -2.37. The monoisotopic (exact) mass is 497 g/mol. The SMILES string of the molecule is CC1(C)[C@H]2CC[C@]1(c1ccnc(-c3cnc4[nH]c(=O)[nH]c4c3)n1)c1nnc(-c3c(F)cccc3F)cc12. The molecule has 4 heterocycles. The van der Waals surface area contributed by atoms with Crippen LogP contribution in [0.1, 0.15) is 49.6 Å². The van der Waals surface area contributed by atoms with Crippen molar-refractivity contribution in [3.05, 3.63) is 87.9 Å². The average Bonchev–Trinajstić information content (AvgIpc) is 3.45. The Labute approximate surface area is 209 Å². The van der Waals surface area contributed by atoms with E-state index >= 15 is 0 Å². The summed E-state index contributed by atoms with van der Waals surface area (Å²) in [4.78, 5) is 30.8. The highest BCUT2D eigenvalue weighted by molar-refractivity contribution is 5.75. The third kappa shape index (κ3) is 2.86. The Bertz CT molecular complexity index is 1770. The molecule has 2 atom stereocenters. The Morgan fingerprint density at radius 2 is 1.84 bits per heavy atom. The van der Waals surface area contributed by atoms with Crippen LogP contribution in [0.4, 0.5) is 8.78 Å². The summed E-state index contributed by atoms with van der Waals surface area (Å²) in [6.45, 7) is 4.38. The van der Waals surface area contributed by atoms with E-state index in [-0.39, 0.29) is 28.3 Å². The Morgan fingerprint density at radius 3 is 2.65 bits per heavy atom. The first-order valence-corrected chi connectivity index (χ1v) is 12.0. The maximum Gasteiger partial charge on any atom is 0.325 e. The van der Waals surface area contributed by atoms with Gasteiger partial charge in [-0.3, -0.25) is 4.98 Å². The number of aromatic amines is 2. The van der Waals surface area contributed by atoms with Gasteiger partial charge >= 0.3 is 5.69 Å². The molecule has 5 aromatic rings. The van der Waals surface area contributed by atoms with Crippen molar-refractivity contribution in [2.24, 2.45) is 5.41 Å². The lowest BCUT2D eigenvalue weighted by atomic mass is 9.66. The molecule has 7 rings (SSSR count). The van der Waals surface area contributed by atoms with Crippen LogP contribution in [0.5, 0.6) is 0 Å². The van der Waals surface area contributed by atoms with Gasteiger partial charge in [-0.2, -0.15) is 5.10 Å². The summed E-state index contributed by atoms with van der Waals surface area (Å²) >= 11 is 0. The molecule has 0 amide bonds. The number of imidazole rings is 1. The summed E-state index contributed by atoms with van der Waals surface area (Å²) in [7, 11) is 0. The fourth-order valence-corrected chi connectivity index (χ4v) is 6.54. The topological polar surface area (TPSA) is 113 Å². The van der Waals surface area contributed by atoms with Crippen molar-refractivity contribution in [3.63, 3.8) is 0 Å². The highest BCUT2D eigenvalue weighted by Crippen LogP contribution is 2.69. The molecule has 4 aromatic heterocycles. The first-order valence-electron chi connectivity index (χ1n) is 12.0. The number of nitrogens with one attached hydrogen (secondary N) is 2. The van der Waals surface area contributed by atoms with Crippen molar-refractivity contribution < 1.29 is 8.78 Å². The number of H-pyrrole nitrogens is 2. The second-order valence-corrected chi connectivity index (χ2v) is 10.3. The number of pyridine rings is 1. The van der Waals surface area contributed by atoms with Crippen LogP contribution in [0.15, 0.2) is 53.6 Å². The third-order valence-electron chi connectivity index (χ3n) is 8.32. The average molecular weight is 498 g/mol. The number of halogens is 2. The van der Waals surface area contributed by atoms with Crippen LogP contribution in [0.25, 0.3) is 33.8 Å². The van der Waals surface area contributed by atoms with Crippen LogP contribution in [0.2, 0.25) is 0 Å². The minimum Gasteiger partial charge on any atom is -0.304 e. The smallest absolute Gasteiger partial charge is 0.304 e. The summed E-state index contributed by atoms with van der Waals surface area (Å²) in [6.07, 6.45) is 5.05. The van der Waals surface area contributed by atoms with E-state index in [1.54, 1.807) is 24.5 Å². The largest absolute Gasteiger partial charge is 0.325 e. The Hall–Kier alpha value is -4.34. The van der Waals surface area contributed by atoms with E-state index in [0.717, 1.165) is 29.8 Å². The predicted molar refractivity (Wildman–Crippen MR) is 132 cm³/mol. The Balaban J connectivity index is 1.38. The van der Waals surface area contributed by atoms with E-state index in [1.165, 1.54) is 18.2 Å². The molecular weight excluding hydrogens is 476 g/mol. The fraction of sp³-hybridized carbons (Fsp3) is 0.259. The molecule has 2 aliphatic rings. The van der Waals surface area contributed by atoms with Crippen molar-refractivity contribution in [2.45, 2.75) is 38.0 Å². The van der Waals surface area contributed by atoms with Gasteiger partial charge in [0.1, 0.15) is 11.6 Å². The van der Waals surface area contributed by atoms with E-state index in [1.807, 2.05) is 6.07 Å². The molecule has 0 spiro atoms. The molecule has 1 fully saturated rings. The summed E-state index contributed by atoms with van der Waals surface area (Å²) in [5, 5.41) is 8.88. The van der Waals surface area contributed by atoms with Gasteiger partial charge in [-0.25, -0.2) is 28.5 Å². The molecule has 1 aromatic carbocycles. The van der Waals surface area contributed by atoms with Gasteiger partial charge in [-0.05, 0) is 60.1 Å². The molecular formula is C27H21F2N7O. The number of hydrogen-bond acceptors (Lipinski definition) is 6. The Kier molecular flexibility index (Phi) is 4.35. The number of benzene rings is 1. The standard InChI is InChI=1S/C27H21F2N7O/c1-26(2)15-6-8-27(26,22-14(15)11-18(35-36-22)21-16(28)4-3-5-17(21)29)20-7-9-30-23(33-20)13-10-19-24(31-12-13)34-25(37)32-19/h3-5,7,9-12,15H,6,8H2,1-2H3,(H2,31,32,34,37)/t15-,27-/m0/s1. The molecule has 1 saturated carbocycles. The molecule has 8 nitrogen and oxygen atoms in total. The lowest BCUT2D eigenvalue weighted by Crippen LogP contribution is -2.38. The first-order chi connectivity index (χ1) is 17.8. The Morgan fingerprint density at radius 1 is 1.03 bits per heavy atom. The zero-order valence-corrected chi connectivity index (χ0v) is 20.0. The normalized spacial score (nSPS) is 21.5. The number of fused-ring (bicyclic) bond motifs is 6. The summed E-state index contributed by atoms with van der Waals surface area (Å²) in [6, 6.07) is 9.27. The van der Waals surface area contributed by atoms with Gasteiger partial charge in [0.15, 0.2) is 11.5 Å². The first kappa shape index (κ1) is 21.9. The van der Waals surface area contributed by atoms with Crippen LogP contribution in [0, 0.1) is 17.0 Å². The van der Waals surface area contributed by atoms with Crippen molar-refractivity contribution in [1.29, 1.82) is 0 Å². The minimum atomic E-state index is -0.666. The minimum absolute atomic E-state index is 0.132. The van der Waals surface area contributed by atoms with Gasteiger partial charge in [0.05, 0.1) is 33.6 Å². The highest BCUT2D eigenvalue weighted by Gasteiger charge is 2.65. The molecule has 37 heavy (non-hydrogen) atoms. The summed E-state index contributed by atoms with van der Waals surface area (Å²) in [5.74, 6) is -0.718. The maximum atomic E-state index is 14.5. The van der Waals surface area contributed by atoms with Crippen molar-refractivity contribution in [1.82, 2.24) is 35.1 Å². The van der Waals surface area contributed by atoms with E-state index in [2.05, 4.69) is 44.0 Å². The zero-order chi connectivity index (χ0) is 25.5. The molecule has 0 radical (unpaired) electrons. The second-order valence-electron chi connectivity index (χ2n) is 10.3. The van der Waals surface area contributed by atoms with Gasteiger partial charge in [0.2, 0.25) is 0 Å². The van der Waals surface area contributed by atoms with Crippen LogP contribution in [-0.2, 0) is 5.41 Å². The second kappa shape index (κ2) is 7.34. The van der Waals surface area contributed by atoms with Gasteiger partial charge in [-0.1, -0.05) is 19.9 Å². The lowest BCUT2D eigenvalue weighted by molar-refractivity contribution is 0.243. The molecule has 2 N–H and O–H groups in total. The van der Waals surface area contributed by atoms with Crippen LogP contribution >= 0.6 is 0 Å². The van der Waals surface area contributed by atoms with Crippen molar-refractivity contribution >= 4 is 11.2 Å². The molecule has 0 saturated heterocycles. The summed E-state index contributed by atoms with van der Waals surface area (Å²) in [5.41, 5.74) is 3.15. The van der Waals surface area contributed by atoms with Gasteiger partial charge in [0, 0.05) is 18.0 Å². The molecule has 0 unspecified atom stereocenters. The molecule has 2 aliphatic carbocycles. The predicted octanol–water partition coefficient (Wildman–Crippen LogP) is 4.65. The van der Waals surface area contributed by atoms with E-state index in [0.29, 0.717) is 22.6 Å². The number of hydrogen-bond donors (Lipinski definition) is 2. The van der Waals surface area contributed by atoms with Crippen LogP contribution in [0.3, 0.4) is 0 Å². The molecule has 184 valence electrons. The summed E-state index contributed by atoms with van der Waals surface area (Å²) < 4.78 is 29.0. The van der Waals surface area contributed by atoms with E-state index < -0.39 is 17.0 Å². The van der Waals surface area contributed by atoms with Crippen LogP contribution in [-0.4, -0.2) is 35.1 Å². The fourth-order valence-electron chi connectivity index (χ4n) is 6.54. The van der Waals surface area contributed by atoms with E-state index in [4.69, 9.17) is 4.98 Å². The number of nitrogens with zero attached hydrogens (tertiary/aromatic N) is 5. The molecule has 10 heteroatoms. The highest BCUT2D eigenvalue weighted by atomic mass is 19.1. The van der Waals surface area contributed by atoms with Gasteiger partial charge in [-0.15, -0.1) is 5.10 Å². The maximum absolute atomic E-state index is 14.5. The number of aromatic nitrogens is 7. The third-order valence-corrected chi connectivity index (χ3v) is 8.32. The zero-order valence-electron chi connectivity index (χ0n) is 20.0. The molecule has 0 aliphatic heterocycles. The van der Waals surface area contributed by atoms with E-state index in [9.17, 15) is 13.6 Å². The van der Waals surface area contributed by atoms with Crippen molar-refractivity contribution in [2.75, 3.05) is 0 Å². The number of rotatable bonds is 3.